The van der Waals surface area contributed by atoms with Gasteiger partial charge >= 0.3 is 12.1 Å². The standard InChI is InChI=1S/C28H26F3N7O2/c1-2-36-11-3-4-20(16-36)38-24-12-21(17-7-9-32-10-8-17)22(29)13-23(24)37(28(38)39)15-19-6-5-18(14-33-19)26-34-35-27(40-26)25(30)31/h5-10,12-14,20,25H,2-4,11,15-16H2,1H3. The van der Waals surface area contributed by atoms with E-state index in [0.29, 0.717) is 33.4 Å². The van der Waals surface area contributed by atoms with Crippen molar-refractivity contribution in [2.75, 3.05) is 19.6 Å². The molecule has 4 aromatic heterocycles. The molecule has 0 N–H and O–H groups in total. The van der Waals surface area contributed by atoms with Crippen LogP contribution in [0.3, 0.4) is 0 Å². The van der Waals surface area contributed by atoms with Crippen LogP contribution in [0.25, 0.3) is 33.6 Å². The van der Waals surface area contributed by atoms with Gasteiger partial charge < -0.3 is 9.32 Å². The zero-order chi connectivity index (χ0) is 27.8. The van der Waals surface area contributed by atoms with E-state index in [2.05, 4.69) is 32.0 Å². The molecule has 0 bridgehead atoms. The molecule has 5 heterocycles. The third kappa shape index (κ3) is 4.79. The highest BCUT2D eigenvalue weighted by Crippen LogP contribution is 2.31. The highest BCUT2D eigenvalue weighted by atomic mass is 19.3. The van der Waals surface area contributed by atoms with Gasteiger partial charge in [-0.1, -0.05) is 6.92 Å². The van der Waals surface area contributed by atoms with Crippen molar-refractivity contribution in [1.82, 2.24) is 34.2 Å². The normalized spacial score (nSPS) is 16.3. The maximum atomic E-state index is 15.5. The lowest BCUT2D eigenvalue weighted by atomic mass is 10.0. The smallest absolute Gasteiger partial charge is 0.329 e. The molecule has 0 aliphatic carbocycles. The number of pyridine rings is 2. The molecule has 9 nitrogen and oxygen atoms in total. The summed E-state index contributed by atoms with van der Waals surface area (Å²) in [6.45, 7) is 4.79. The predicted molar refractivity (Wildman–Crippen MR) is 141 cm³/mol. The number of piperidine rings is 1. The lowest BCUT2D eigenvalue weighted by Crippen LogP contribution is -2.40. The Balaban J connectivity index is 1.42. The lowest BCUT2D eigenvalue weighted by Gasteiger charge is -2.32. The Bertz CT molecular complexity index is 1700. The molecule has 1 atom stereocenters. The van der Waals surface area contributed by atoms with Crippen LogP contribution in [0.2, 0.25) is 0 Å². The molecule has 0 spiro atoms. The quantitative estimate of drug-likeness (QED) is 0.279. The van der Waals surface area contributed by atoms with E-state index in [9.17, 15) is 13.6 Å². The number of aromatic nitrogens is 6. The molecule has 1 saturated heterocycles. The minimum Gasteiger partial charge on any atom is -0.415 e. The van der Waals surface area contributed by atoms with Crippen LogP contribution < -0.4 is 5.69 Å². The Morgan fingerprint density at radius 3 is 2.60 bits per heavy atom. The Labute approximate surface area is 226 Å². The van der Waals surface area contributed by atoms with E-state index in [1.54, 1.807) is 47.3 Å². The lowest BCUT2D eigenvalue weighted by molar-refractivity contribution is 0.116. The van der Waals surface area contributed by atoms with Gasteiger partial charge in [0.05, 0.1) is 34.9 Å². The summed E-state index contributed by atoms with van der Waals surface area (Å²) in [7, 11) is 0. The minimum atomic E-state index is -2.87. The molecule has 1 fully saturated rings. The molecule has 12 heteroatoms. The van der Waals surface area contributed by atoms with Gasteiger partial charge in [0.25, 0.3) is 5.89 Å². The number of hydrogen-bond acceptors (Lipinski definition) is 7. The van der Waals surface area contributed by atoms with Gasteiger partial charge in [0.2, 0.25) is 5.89 Å². The van der Waals surface area contributed by atoms with Crippen molar-refractivity contribution < 1.29 is 17.6 Å². The average molecular weight is 550 g/mol. The summed E-state index contributed by atoms with van der Waals surface area (Å²) in [4.78, 5) is 24.7. The molecular weight excluding hydrogens is 523 g/mol. The number of fused-ring (bicyclic) bond motifs is 1. The first kappa shape index (κ1) is 25.9. The first-order valence-electron chi connectivity index (χ1n) is 13.1. The summed E-state index contributed by atoms with van der Waals surface area (Å²) in [5.74, 6) is -1.29. The molecule has 1 unspecified atom stereocenters. The molecule has 5 aromatic rings. The Morgan fingerprint density at radius 1 is 1.07 bits per heavy atom. The van der Waals surface area contributed by atoms with Gasteiger partial charge in [-0.25, -0.2) is 9.18 Å². The van der Waals surface area contributed by atoms with Crippen molar-refractivity contribution in [3.8, 4) is 22.6 Å². The number of nitrogens with zero attached hydrogens (tertiary/aromatic N) is 7. The Hall–Kier alpha value is -4.32. The van der Waals surface area contributed by atoms with Crippen LogP contribution in [0.5, 0.6) is 0 Å². The summed E-state index contributed by atoms with van der Waals surface area (Å²) in [5.41, 5.74) is 2.85. The number of rotatable bonds is 7. The number of benzene rings is 1. The SMILES string of the molecule is CCN1CCCC(n2c(=O)n(Cc3ccc(-c4nnc(C(F)F)o4)cn3)c3cc(F)c(-c4ccncc4)cc32)C1. The van der Waals surface area contributed by atoms with Crippen LogP contribution in [0, 0.1) is 5.82 Å². The van der Waals surface area contributed by atoms with Crippen LogP contribution >= 0.6 is 0 Å². The second-order valence-corrected chi connectivity index (χ2v) is 9.77. The molecule has 0 saturated carbocycles. The third-order valence-electron chi connectivity index (χ3n) is 7.35. The van der Waals surface area contributed by atoms with Crippen LogP contribution in [0.15, 0.2) is 64.2 Å². The van der Waals surface area contributed by atoms with Crippen LogP contribution in [0.1, 0.15) is 43.8 Å². The molecule has 0 radical (unpaired) electrons. The Morgan fingerprint density at radius 2 is 1.90 bits per heavy atom. The minimum absolute atomic E-state index is 0.0578. The fourth-order valence-electron chi connectivity index (χ4n) is 5.33. The molecular formula is C28H26F3N7O2. The van der Waals surface area contributed by atoms with E-state index in [1.165, 1.54) is 16.8 Å². The number of imidazole rings is 1. The van der Waals surface area contributed by atoms with Crippen molar-refractivity contribution >= 4 is 11.0 Å². The zero-order valence-corrected chi connectivity index (χ0v) is 21.7. The highest BCUT2D eigenvalue weighted by Gasteiger charge is 2.27. The second kappa shape index (κ2) is 10.7. The van der Waals surface area contributed by atoms with Crippen molar-refractivity contribution in [2.24, 2.45) is 0 Å². The molecule has 0 amide bonds. The maximum Gasteiger partial charge on any atom is 0.329 e. The van der Waals surface area contributed by atoms with E-state index in [1.807, 2.05) is 0 Å². The molecule has 206 valence electrons. The number of hydrogen-bond donors (Lipinski definition) is 0. The van der Waals surface area contributed by atoms with E-state index in [-0.39, 0.29) is 24.2 Å². The van der Waals surface area contributed by atoms with E-state index >= 15 is 4.39 Å². The van der Waals surface area contributed by atoms with Gasteiger partial charge in [-0.05, 0) is 61.8 Å². The topological polar surface area (TPSA) is 94.9 Å². The fraction of sp³-hybridized carbons (Fsp3) is 0.321. The highest BCUT2D eigenvalue weighted by molar-refractivity contribution is 5.83. The Kier molecular flexibility index (Phi) is 6.93. The first-order chi connectivity index (χ1) is 19.4. The zero-order valence-electron chi connectivity index (χ0n) is 21.7. The molecule has 6 rings (SSSR count). The monoisotopic (exact) mass is 549 g/mol. The number of likely N-dealkylation sites (N-methyl/N-ethyl adjacent to an activating group) is 1. The van der Waals surface area contributed by atoms with Gasteiger partial charge in [0.1, 0.15) is 5.82 Å². The summed E-state index contributed by atoms with van der Waals surface area (Å²) in [6, 6.07) is 9.83. The van der Waals surface area contributed by atoms with Crippen molar-refractivity contribution in [2.45, 2.75) is 38.8 Å². The largest absolute Gasteiger partial charge is 0.415 e. The number of likely N-dealkylation sites (tertiary alicyclic amines) is 1. The maximum absolute atomic E-state index is 15.5. The van der Waals surface area contributed by atoms with Crippen molar-refractivity contribution in [1.29, 1.82) is 0 Å². The number of halogens is 3. The molecule has 40 heavy (non-hydrogen) atoms. The molecule has 1 aliphatic rings. The van der Waals surface area contributed by atoms with Crippen molar-refractivity contribution in [3.05, 3.63) is 82.9 Å². The van der Waals surface area contributed by atoms with E-state index in [4.69, 9.17) is 4.42 Å². The predicted octanol–water partition coefficient (Wildman–Crippen LogP) is 5.09. The summed E-state index contributed by atoms with van der Waals surface area (Å²) in [6.07, 6.45) is 3.57. The third-order valence-corrected chi connectivity index (χ3v) is 7.35. The summed E-state index contributed by atoms with van der Waals surface area (Å²) < 4.78 is 49.4. The molecule has 1 aromatic carbocycles. The van der Waals surface area contributed by atoms with Crippen molar-refractivity contribution in [3.63, 3.8) is 0 Å². The van der Waals surface area contributed by atoms with Crippen LogP contribution in [-0.4, -0.2) is 53.8 Å². The van der Waals surface area contributed by atoms with Crippen LogP contribution in [0.4, 0.5) is 13.2 Å². The summed E-state index contributed by atoms with van der Waals surface area (Å²) in [5, 5.41) is 6.98. The average Bonchev–Trinajstić information content (AvgIpc) is 3.57. The summed E-state index contributed by atoms with van der Waals surface area (Å²) >= 11 is 0. The van der Waals surface area contributed by atoms with Crippen LogP contribution in [-0.2, 0) is 6.54 Å². The van der Waals surface area contributed by atoms with Gasteiger partial charge in [-0.3, -0.25) is 19.1 Å². The van der Waals surface area contributed by atoms with Gasteiger partial charge in [0, 0.05) is 36.8 Å². The van der Waals surface area contributed by atoms with Gasteiger partial charge in [0.15, 0.2) is 0 Å². The van der Waals surface area contributed by atoms with Gasteiger partial charge in [-0.2, -0.15) is 8.78 Å². The van der Waals surface area contributed by atoms with E-state index in [0.717, 1.165) is 32.5 Å². The van der Waals surface area contributed by atoms with E-state index < -0.39 is 18.1 Å². The molecule has 1 aliphatic heterocycles. The first-order valence-corrected chi connectivity index (χ1v) is 13.1. The fourth-order valence-corrected chi connectivity index (χ4v) is 5.33. The second-order valence-electron chi connectivity index (χ2n) is 9.77. The van der Waals surface area contributed by atoms with Gasteiger partial charge in [-0.15, -0.1) is 10.2 Å². The number of alkyl halides is 2.